The molecule has 2 N–H and O–H groups in total. The maximum atomic E-state index is 12.1. The van der Waals surface area contributed by atoms with E-state index in [2.05, 4.69) is 34.6 Å². The SMILES string of the molecule is Cn1cc(C2c3ccc(Cl)cc3C=Cc3sc(NCc4ccccc4)nc32)c(=S)[nH]c1=O. The molecule has 5 rings (SSSR count). The van der Waals surface area contributed by atoms with Crippen molar-refractivity contribution in [2.75, 3.05) is 5.32 Å². The first-order valence-corrected chi connectivity index (χ1v) is 11.7. The monoisotopic (exact) mass is 478 g/mol. The van der Waals surface area contributed by atoms with E-state index in [0.717, 1.165) is 32.4 Å². The van der Waals surface area contributed by atoms with Crippen LogP contribution in [0.4, 0.5) is 5.13 Å². The second kappa shape index (κ2) is 8.50. The first-order chi connectivity index (χ1) is 15.5. The Morgan fingerprint density at radius 1 is 1.19 bits per heavy atom. The highest BCUT2D eigenvalue weighted by Crippen LogP contribution is 2.42. The van der Waals surface area contributed by atoms with Gasteiger partial charge in [-0.2, -0.15) is 0 Å². The minimum absolute atomic E-state index is 0.230. The van der Waals surface area contributed by atoms with E-state index in [1.807, 2.05) is 36.4 Å². The fourth-order valence-electron chi connectivity index (χ4n) is 3.89. The van der Waals surface area contributed by atoms with Gasteiger partial charge < -0.3 is 9.88 Å². The Kier molecular flexibility index (Phi) is 5.55. The van der Waals surface area contributed by atoms with Crippen molar-refractivity contribution in [1.82, 2.24) is 14.5 Å². The van der Waals surface area contributed by atoms with Crippen LogP contribution in [0.15, 0.2) is 59.5 Å². The lowest BCUT2D eigenvalue weighted by molar-refractivity contribution is 0.770. The van der Waals surface area contributed by atoms with E-state index in [1.165, 1.54) is 10.1 Å². The number of thiazole rings is 1. The third-order valence-electron chi connectivity index (χ3n) is 5.46. The lowest BCUT2D eigenvalue weighted by Crippen LogP contribution is -2.22. The average molecular weight is 479 g/mol. The maximum Gasteiger partial charge on any atom is 0.326 e. The van der Waals surface area contributed by atoms with Crippen molar-refractivity contribution in [2.45, 2.75) is 12.5 Å². The summed E-state index contributed by atoms with van der Waals surface area (Å²) in [6.45, 7) is 0.688. The maximum absolute atomic E-state index is 12.1. The molecule has 160 valence electrons. The van der Waals surface area contributed by atoms with Gasteiger partial charge in [-0.05, 0) is 34.9 Å². The zero-order valence-electron chi connectivity index (χ0n) is 17.1. The van der Waals surface area contributed by atoms with Crippen molar-refractivity contribution in [3.8, 4) is 0 Å². The molecule has 0 aliphatic heterocycles. The molecule has 32 heavy (non-hydrogen) atoms. The zero-order valence-corrected chi connectivity index (χ0v) is 19.5. The summed E-state index contributed by atoms with van der Waals surface area (Å²) in [6.07, 6.45) is 5.94. The van der Waals surface area contributed by atoms with E-state index < -0.39 is 0 Å². The summed E-state index contributed by atoms with van der Waals surface area (Å²) in [5.74, 6) is -0.230. The van der Waals surface area contributed by atoms with Gasteiger partial charge in [0.2, 0.25) is 0 Å². The molecule has 0 bridgehead atoms. The number of halogens is 1. The Hall–Kier alpha value is -3.00. The Labute approximate surface area is 199 Å². The number of aryl methyl sites for hydroxylation is 1. The molecule has 8 heteroatoms. The summed E-state index contributed by atoms with van der Waals surface area (Å²) < 4.78 is 1.93. The molecular formula is C24H19ClN4OS2. The van der Waals surface area contributed by atoms with Crippen molar-refractivity contribution >= 4 is 52.4 Å². The van der Waals surface area contributed by atoms with Crippen LogP contribution in [-0.2, 0) is 13.6 Å². The molecule has 0 radical (unpaired) electrons. The van der Waals surface area contributed by atoms with Gasteiger partial charge in [-0.15, -0.1) is 0 Å². The van der Waals surface area contributed by atoms with Crippen molar-refractivity contribution in [1.29, 1.82) is 0 Å². The minimum Gasteiger partial charge on any atom is -0.357 e. The van der Waals surface area contributed by atoms with Gasteiger partial charge >= 0.3 is 5.69 Å². The molecule has 1 unspecified atom stereocenters. The van der Waals surface area contributed by atoms with Gasteiger partial charge in [0.05, 0.1) is 16.5 Å². The van der Waals surface area contributed by atoms with Crippen molar-refractivity contribution in [3.05, 3.63) is 108 Å². The summed E-state index contributed by atoms with van der Waals surface area (Å²) in [5, 5.41) is 4.95. The number of aromatic amines is 1. The minimum atomic E-state index is -0.245. The first kappa shape index (κ1) is 20.9. The van der Waals surface area contributed by atoms with Crippen LogP contribution in [-0.4, -0.2) is 14.5 Å². The third-order valence-corrected chi connectivity index (χ3v) is 7.03. The number of nitrogens with zero attached hydrogens (tertiary/aromatic N) is 2. The molecule has 1 aliphatic carbocycles. The number of aromatic nitrogens is 3. The van der Waals surface area contributed by atoms with Crippen molar-refractivity contribution in [3.63, 3.8) is 0 Å². The number of nitrogens with one attached hydrogen (secondary N) is 2. The fraction of sp³-hybridized carbons (Fsp3) is 0.125. The van der Waals surface area contributed by atoms with E-state index in [-0.39, 0.29) is 11.6 Å². The van der Waals surface area contributed by atoms with Gasteiger partial charge in [0.1, 0.15) is 4.64 Å². The predicted molar refractivity (Wildman–Crippen MR) is 134 cm³/mol. The smallest absolute Gasteiger partial charge is 0.326 e. The van der Waals surface area contributed by atoms with Gasteiger partial charge in [-0.3, -0.25) is 4.98 Å². The Bertz CT molecular complexity index is 1450. The van der Waals surface area contributed by atoms with Gasteiger partial charge in [-0.25, -0.2) is 9.78 Å². The molecule has 0 amide bonds. The highest BCUT2D eigenvalue weighted by Gasteiger charge is 2.28. The highest BCUT2D eigenvalue weighted by molar-refractivity contribution is 7.71. The summed E-state index contributed by atoms with van der Waals surface area (Å²) >= 11 is 13.5. The molecule has 2 aromatic carbocycles. The van der Waals surface area contributed by atoms with Crippen LogP contribution in [0.25, 0.3) is 12.2 Å². The number of rotatable bonds is 4. The first-order valence-electron chi connectivity index (χ1n) is 10.1. The molecule has 4 aromatic rings. The Balaban J connectivity index is 1.63. The lowest BCUT2D eigenvalue weighted by atomic mass is 9.88. The molecule has 0 saturated carbocycles. The van der Waals surface area contributed by atoms with Crippen LogP contribution in [0.1, 0.15) is 38.7 Å². The van der Waals surface area contributed by atoms with Crippen LogP contribution in [0, 0.1) is 4.64 Å². The molecule has 0 saturated heterocycles. The van der Waals surface area contributed by atoms with Gasteiger partial charge in [0.15, 0.2) is 5.13 Å². The van der Waals surface area contributed by atoms with Crippen LogP contribution in [0.5, 0.6) is 0 Å². The second-order valence-electron chi connectivity index (χ2n) is 7.60. The standard InChI is InChI=1S/C24H19ClN4OS2/c1-29-13-18(22(31)28-24(29)30)20-17-9-8-16(25)11-15(17)7-10-19-21(20)27-23(32-19)26-12-14-5-3-2-4-6-14/h2-11,13,20H,12H2,1H3,(H,26,27)(H,28,30,31). The van der Waals surface area contributed by atoms with Crippen LogP contribution < -0.4 is 11.0 Å². The largest absolute Gasteiger partial charge is 0.357 e. The summed E-state index contributed by atoms with van der Waals surface area (Å²) in [6, 6.07) is 16.0. The number of hydrogen-bond donors (Lipinski definition) is 2. The van der Waals surface area contributed by atoms with E-state index in [4.69, 9.17) is 28.8 Å². The second-order valence-corrected chi connectivity index (χ2v) is 9.48. The van der Waals surface area contributed by atoms with Crippen LogP contribution >= 0.6 is 35.2 Å². The van der Waals surface area contributed by atoms with Gasteiger partial charge in [0.25, 0.3) is 0 Å². The Morgan fingerprint density at radius 3 is 2.81 bits per heavy atom. The number of fused-ring (bicyclic) bond motifs is 2. The summed E-state index contributed by atoms with van der Waals surface area (Å²) in [7, 11) is 1.71. The van der Waals surface area contributed by atoms with E-state index in [1.54, 1.807) is 24.6 Å². The molecule has 2 aromatic heterocycles. The average Bonchev–Trinajstić information content (AvgIpc) is 3.13. The topological polar surface area (TPSA) is 62.7 Å². The molecule has 2 heterocycles. The number of hydrogen-bond acceptors (Lipinski definition) is 5. The number of benzene rings is 2. The summed E-state index contributed by atoms with van der Waals surface area (Å²) in [4.78, 5) is 20.9. The van der Waals surface area contributed by atoms with Gasteiger partial charge in [0, 0.05) is 30.4 Å². The molecule has 5 nitrogen and oxygen atoms in total. The van der Waals surface area contributed by atoms with Gasteiger partial charge in [-0.1, -0.05) is 77.6 Å². The van der Waals surface area contributed by atoms with Crippen molar-refractivity contribution in [2.24, 2.45) is 7.05 Å². The lowest BCUT2D eigenvalue weighted by Gasteiger charge is -2.19. The quantitative estimate of drug-likeness (QED) is 0.319. The van der Waals surface area contributed by atoms with E-state index >= 15 is 0 Å². The van der Waals surface area contributed by atoms with E-state index in [9.17, 15) is 4.79 Å². The fourth-order valence-corrected chi connectivity index (χ4v) is 5.23. The predicted octanol–water partition coefficient (Wildman–Crippen LogP) is 5.83. The van der Waals surface area contributed by atoms with Crippen LogP contribution in [0.3, 0.4) is 0 Å². The Morgan fingerprint density at radius 2 is 2.00 bits per heavy atom. The highest BCUT2D eigenvalue weighted by atomic mass is 35.5. The van der Waals surface area contributed by atoms with Crippen molar-refractivity contribution < 1.29 is 0 Å². The molecular weight excluding hydrogens is 460 g/mol. The number of anilines is 1. The number of H-pyrrole nitrogens is 1. The molecule has 1 atom stereocenters. The third kappa shape index (κ3) is 3.95. The van der Waals surface area contributed by atoms with Crippen LogP contribution in [0.2, 0.25) is 5.02 Å². The normalized spacial score (nSPS) is 14.5. The molecule has 0 fully saturated rings. The molecule has 1 aliphatic rings. The van der Waals surface area contributed by atoms with E-state index in [0.29, 0.717) is 16.2 Å². The summed E-state index contributed by atoms with van der Waals surface area (Å²) in [5.41, 5.74) is 4.73. The molecule has 0 spiro atoms. The zero-order chi connectivity index (χ0) is 22.2.